The molecule has 1 amide bonds. The molecule has 2 aromatic rings. The number of aromatic nitrogens is 1. The van der Waals surface area contributed by atoms with E-state index >= 15 is 0 Å². The molecule has 0 bridgehead atoms. The van der Waals surface area contributed by atoms with Gasteiger partial charge >= 0.3 is 0 Å². The standard InChI is InChI=1S/C22H29N3O3S/c1-15(18-4-5-20-21(12-18)28-11-3-10-27-20)23-22(26)17-6-8-25(9-7-17)13-19-14-29-16(2)24-19/h4-5,12,14-15,17H,3,6-11,13H2,1-2H3,(H,23,26). The molecule has 0 radical (unpaired) electrons. The predicted octanol–water partition coefficient (Wildman–Crippen LogP) is 3.70. The Morgan fingerprint density at radius 3 is 2.76 bits per heavy atom. The van der Waals surface area contributed by atoms with Gasteiger partial charge in [0.25, 0.3) is 0 Å². The number of thiazole rings is 1. The zero-order valence-corrected chi connectivity index (χ0v) is 18.0. The van der Waals surface area contributed by atoms with Crippen LogP contribution in [0.4, 0.5) is 0 Å². The molecular formula is C22H29N3O3S. The summed E-state index contributed by atoms with van der Waals surface area (Å²) in [6, 6.07) is 5.88. The van der Waals surface area contributed by atoms with Crippen LogP contribution in [0.3, 0.4) is 0 Å². The average molecular weight is 416 g/mol. The molecule has 1 aromatic carbocycles. The van der Waals surface area contributed by atoms with Crippen molar-refractivity contribution in [1.29, 1.82) is 0 Å². The van der Waals surface area contributed by atoms with E-state index in [-0.39, 0.29) is 17.9 Å². The van der Waals surface area contributed by atoms with Crippen LogP contribution in [-0.2, 0) is 11.3 Å². The molecule has 0 spiro atoms. The topological polar surface area (TPSA) is 63.7 Å². The van der Waals surface area contributed by atoms with Gasteiger partial charge in [-0.2, -0.15) is 0 Å². The fourth-order valence-corrected chi connectivity index (χ4v) is 4.53. The average Bonchev–Trinajstić information content (AvgIpc) is 2.99. The number of fused-ring (bicyclic) bond motifs is 1. The summed E-state index contributed by atoms with van der Waals surface area (Å²) in [4.78, 5) is 19.7. The number of hydrogen-bond donors (Lipinski definition) is 1. The van der Waals surface area contributed by atoms with E-state index in [4.69, 9.17) is 9.47 Å². The minimum absolute atomic E-state index is 0.0596. The van der Waals surface area contributed by atoms with E-state index in [1.165, 1.54) is 0 Å². The van der Waals surface area contributed by atoms with Crippen LogP contribution in [0.5, 0.6) is 11.5 Å². The molecular weight excluding hydrogens is 386 g/mol. The fourth-order valence-electron chi connectivity index (χ4n) is 3.93. The third-order valence-electron chi connectivity index (χ3n) is 5.64. The van der Waals surface area contributed by atoms with Crippen LogP contribution >= 0.6 is 11.3 Å². The summed E-state index contributed by atoms with van der Waals surface area (Å²) in [5.74, 6) is 1.78. The Morgan fingerprint density at radius 2 is 2.03 bits per heavy atom. The molecule has 156 valence electrons. The molecule has 3 heterocycles. The summed E-state index contributed by atoms with van der Waals surface area (Å²) in [5, 5.41) is 6.43. The second-order valence-electron chi connectivity index (χ2n) is 7.90. The number of likely N-dealkylation sites (tertiary alicyclic amines) is 1. The summed E-state index contributed by atoms with van der Waals surface area (Å²) in [5.41, 5.74) is 2.18. The molecule has 6 nitrogen and oxygen atoms in total. The van der Waals surface area contributed by atoms with Crippen molar-refractivity contribution in [3.63, 3.8) is 0 Å². The van der Waals surface area contributed by atoms with Crippen LogP contribution in [0.1, 0.15) is 48.5 Å². The number of nitrogens with zero attached hydrogens (tertiary/aromatic N) is 2. The number of benzene rings is 1. The van der Waals surface area contributed by atoms with Crippen LogP contribution in [0.15, 0.2) is 23.6 Å². The van der Waals surface area contributed by atoms with E-state index < -0.39 is 0 Å². The quantitative estimate of drug-likeness (QED) is 0.807. The van der Waals surface area contributed by atoms with Gasteiger partial charge in [-0.05, 0) is 57.5 Å². The first-order valence-electron chi connectivity index (χ1n) is 10.4. The van der Waals surface area contributed by atoms with E-state index in [2.05, 4.69) is 20.6 Å². The number of amides is 1. The van der Waals surface area contributed by atoms with Crippen molar-refractivity contribution < 1.29 is 14.3 Å². The highest BCUT2D eigenvalue weighted by Gasteiger charge is 2.26. The van der Waals surface area contributed by atoms with Crippen molar-refractivity contribution in [2.75, 3.05) is 26.3 Å². The summed E-state index contributed by atoms with van der Waals surface area (Å²) in [6.07, 6.45) is 2.67. The smallest absolute Gasteiger partial charge is 0.223 e. The van der Waals surface area contributed by atoms with Crippen LogP contribution in [0.2, 0.25) is 0 Å². The first-order valence-corrected chi connectivity index (χ1v) is 11.3. The van der Waals surface area contributed by atoms with Crippen molar-refractivity contribution in [3.05, 3.63) is 39.8 Å². The first kappa shape index (κ1) is 20.2. The Morgan fingerprint density at radius 1 is 1.28 bits per heavy atom. The monoisotopic (exact) mass is 415 g/mol. The number of hydrogen-bond acceptors (Lipinski definition) is 6. The molecule has 1 saturated heterocycles. The zero-order valence-electron chi connectivity index (χ0n) is 17.1. The van der Waals surface area contributed by atoms with Crippen molar-refractivity contribution in [2.24, 2.45) is 5.92 Å². The molecule has 2 aliphatic heterocycles. The van der Waals surface area contributed by atoms with Crippen LogP contribution in [-0.4, -0.2) is 42.1 Å². The van der Waals surface area contributed by atoms with Crippen LogP contribution in [0, 0.1) is 12.8 Å². The first-order chi connectivity index (χ1) is 14.1. The van der Waals surface area contributed by atoms with Gasteiger partial charge in [-0.15, -0.1) is 11.3 Å². The highest BCUT2D eigenvalue weighted by molar-refractivity contribution is 7.09. The molecule has 1 unspecified atom stereocenters. The Hall–Kier alpha value is -2.12. The summed E-state index contributed by atoms with van der Waals surface area (Å²) < 4.78 is 11.5. The van der Waals surface area contributed by atoms with Crippen molar-refractivity contribution in [1.82, 2.24) is 15.2 Å². The highest BCUT2D eigenvalue weighted by Crippen LogP contribution is 2.32. The molecule has 1 atom stereocenters. The summed E-state index contributed by atoms with van der Waals surface area (Å²) >= 11 is 1.69. The maximum absolute atomic E-state index is 12.8. The van der Waals surface area contributed by atoms with Gasteiger partial charge in [-0.3, -0.25) is 9.69 Å². The molecule has 2 aliphatic rings. The van der Waals surface area contributed by atoms with E-state index in [0.717, 1.165) is 66.7 Å². The third kappa shape index (κ3) is 5.08. The van der Waals surface area contributed by atoms with Crippen molar-refractivity contribution in [2.45, 2.75) is 45.7 Å². The minimum atomic E-state index is -0.0596. The Balaban J connectivity index is 1.29. The molecule has 4 rings (SSSR count). The molecule has 1 N–H and O–H groups in total. The van der Waals surface area contributed by atoms with E-state index in [0.29, 0.717) is 13.2 Å². The summed E-state index contributed by atoms with van der Waals surface area (Å²) in [7, 11) is 0. The second kappa shape index (κ2) is 9.13. The molecule has 7 heteroatoms. The zero-order chi connectivity index (χ0) is 20.2. The number of nitrogens with one attached hydrogen (secondary N) is 1. The van der Waals surface area contributed by atoms with Crippen LogP contribution in [0.25, 0.3) is 0 Å². The van der Waals surface area contributed by atoms with Gasteiger partial charge in [0.1, 0.15) is 0 Å². The van der Waals surface area contributed by atoms with Gasteiger partial charge in [0, 0.05) is 24.3 Å². The Kier molecular flexibility index (Phi) is 6.35. The number of piperidine rings is 1. The summed E-state index contributed by atoms with van der Waals surface area (Å²) in [6.45, 7) is 8.16. The van der Waals surface area contributed by atoms with Gasteiger partial charge in [-0.25, -0.2) is 4.98 Å². The lowest BCUT2D eigenvalue weighted by Crippen LogP contribution is -2.40. The lowest BCUT2D eigenvalue weighted by atomic mass is 9.95. The number of carbonyl (C=O) groups is 1. The third-order valence-corrected chi connectivity index (χ3v) is 6.46. The van der Waals surface area contributed by atoms with Crippen LogP contribution < -0.4 is 14.8 Å². The largest absolute Gasteiger partial charge is 0.490 e. The SMILES string of the molecule is Cc1nc(CN2CCC(C(=O)NC(C)c3ccc4c(c3)OCCCO4)CC2)cs1. The van der Waals surface area contributed by atoms with E-state index in [1.54, 1.807) is 11.3 Å². The molecule has 1 aromatic heterocycles. The fraction of sp³-hybridized carbons (Fsp3) is 0.545. The van der Waals surface area contributed by atoms with Gasteiger partial charge in [0.15, 0.2) is 11.5 Å². The van der Waals surface area contributed by atoms with Crippen molar-refractivity contribution in [3.8, 4) is 11.5 Å². The number of carbonyl (C=O) groups excluding carboxylic acids is 1. The van der Waals surface area contributed by atoms with Gasteiger partial charge in [-0.1, -0.05) is 6.07 Å². The second-order valence-corrected chi connectivity index (χ2v) is 8.96. The lowest BCUT2D eigenvalue weighted by molar-refractivity contribution is -0.127. The van der Waals surface area contributed by atoms with Crippen molar-refractivity contribution >= 4 is 17.2 Å². The molecule has 0 aliphatic carbocycles. The molecule has 29 heavy (non-hydrogen) atoms. The van der Waals surface area contributed by atoms with E-state index in [1.807, 2.05) is 32.0 Å². The maximum Gasteiger partial charge on any atom is 0.223 e. The van der Waals surface area contributed by atoms with Gasteiger partial charge in [0.2, 0.25) is 5.91 Å². The van der Waals surface area contributed by atoms with Gasteiger partial charge < -0.3 is 14.8 Å². The highest BCUT2D eigenvalue weighted by atomic mass is 32.1. The molecule has 1 fully saturated rings. The lowest BCUT2D eigenvalue weighted by Gasteiger charge is -2.31. The Bertz CT molecular complexity index is 846. The van der Waals surface area contributed by atoms with Gasteiger partial charge in [0.05, 0.1) is 30.0 Å². The van der Waals surface area contributed by atoms with E-state index in [9.17, 15) is 4.79 Å². The number of aryl methyl sites for hydroxylation is 1. The number of rotatable bonds is 5. The molecule has 0 saturated carbocycles. The normalized spacial score (nSPS) is 18.8. The number of ether oxygens (including phenoxy) is 2. The minimum Gasteiger partial charge on any atom is -0.490 e. The maximum atomic E-state index is 12.8. The Labute approximate surface area is 176 Å². The predicted molar refractivity (Wildman–Crippen MR) is 113 cm³/mol.